The Hall–Kier alpha value is -2.37. The lowest BCUT2D eigenvalue weighted by molar-refractivity contribution is -0.157. The molecule has 0 bridgehead atoms. The van der Waals surface area contributed by atoms with Crippen LogP contribution < -0.4 is 4.74 Å². The molecule has 0 aliphatic rings. The van der Waals surface area contributed by atoms with Gasteiger partial charge >= 0.3 is 11.9 Å². The van der Waals surface area contributed by atoms with Crippen molar-refractivity contribution in [1.29, 1.82) is 0 Å². The van der Waals surface area contributed by atoms with Crippen molar-refractivity contribution in [1.82, 2.24) is 0 Å². The Balaban J connectivity index is 2.90. The fraction of sp³-hybridized carbons (Fsp3) is 0.400. The second-order valence-corrected chi connectivity index (χ2v) is 3.96. The van der Waals surface area contributed by atoms with Crippen LogP contribution in [0, 0.1) is 5.92 Å². The molecule has 1 aromatic rings. The third-order valence-electron chi connectivity index (χ3n) is 2.51. The number of rotatable bonds is 7. The number of benzene rings is 1. The lowest BCUT2D eigenvalue weighted by Crippen LogP contribution is -2.29. The van der Waals surface area contributed by atoms with Crippen LogP contribution in [-0.2, 0) is 19.1 Å². The monoisotopic (exact) mass is 293 g/mol. The Morgan fingerprint density at radius 1 is 1.19 bits per heavy atom. The van der Waals surface area contributed by atoms with E-state index in [1.54, 1.807) is 45.2 Å². The van der Waals surface area contributed by atoms with Crippen molar-refractivity contribution in [2.45, 2.75) is 13.8 Å². The first-order chi connectivity index (χ1) is 10.1. The number of esters is 2. The summed E-state index contributed by atoms with van der Waals surface area (Å²) in [6.45, 7) is 3.70. The van der Waals surface area contributed by atoms with Crippen LogP contribution in [0.25, 0.3) is 0 Å². The highest BCUT2D eigenvalue weighted by atomic mass is 16.6. The molecule has 0 unspecified atom stereocenters. The Labute approximate surface area is 123 Å². The van der Waals surface area contributed by atoms with Crippen molar-refractivity contribution in [3.05, 3.63) is 24.3 Å². The third kappa shape index (κ3) is 5.25. The molecule has 0 heterocycles. The van der Waals surface area contributed by atoms with Crippen LogP contribution in [0.2, 0.25) is 0 Å². The van der Waals surface area contributed by atoms with E-state index in [2.05, 4.69) is 4.99 Å². The molecule has 0 amide bonds. The topological polar surface area (TPSA) is 74.2 Å². The number of aliphatic imine (C=N–C) groups is 1. The predicted octanol–water partition coefficient (Wildman–Crippen LogP) is 2.14. The van der Waals surface area contributed by atoms with Crippen molar-refractivity contribution in [3.8, 4) is 5.75 Å². The van der Waals surface area contributed by atoms with Crippen LogP contribution >= 0.6 is 0 Å². The summed E-state index contributed by atoms with van der Waals surface area (Å²) in [5.41, 5.74) is 0.563. The van der Waals surface area contributed by atoms with Crippen molar-refractivity contribution >= 4 is 23.8 Å². The highest BCUT2D eigenvalue weighted by Gasteiger charge is 2.27. The van der Waals surface area contributed by atoms with Crippen LogP contribution in [0.1, 0.15) is 13.8 Å². The Morgan fingerprint density at radius 2 is 1.81 bits per heavy atom. The van der Waals surface area contributed by atoms with Gasteiger partial charge in [0, 0.05) is 12.3 Å². The van der Waals surface area contributed by atoms with Gasteiger partial charge in [-0.2, -0.15) is 0 Å². The predicted molar refractivity (Wildman–Crippen MR) is 77.9 cm³/mol. The van der Waals surface area contributed by atoms with Gasteiger partial charge in [-0.3, -0.25) is 14.6 Å². The number of methoxy groups -OCH3 is 1. The molecule has 0 radical (unpaired) electrons. The molecule has 1 rings (SSSR count). The molecule has 0 saturated carbocycles. The van der Waals surface area contributed by atoms with Gasteiger partial charge in [0.25, 0.3) is 0 Å². The van der Waals surface area contributed by atoms with E-state index in [9.17, 15) is 9.59 Å². The summed E-state index contributed by atoms with van der Waals surface area (Å²) in [7, 11) is 1.54. The van der Waals surface area contributed by atoms with Gasteiger partial charge in [0.2, 0.25) is 0 Å². The van der Waals surface area contributed by atoms with E-state index in [1.165, 1.54) is 6.21 Å². The number of carbonyl (C=O) groups is 2. The smallest absolute Gasteiger partial charge is 0.325 e. The molecule has 114 valence electrons. The zero-order valence-electron chi connectivity index (χ0n) is 12.4. The maximum Gasteiger partial charge on any atom is 0.325 e. The van der Waals surface area contributed by atoms with Gasteiger partial charge in [0.15, 0.2) is 5.92 Å². The minimum atomic E-state index is -1.17. The lowest BCUT2D eigenvalue weighted by atomic mass is 10.1. The lowest BCUT2D eigenvalue weighted by Gasteiger charge is -2.10. The van der Waals surface area contributed by atoms with E-state index >= 15 is 0 Å². The Kier molecular flexibility index (Phi) is 6.94. The fourth-order valence-electron chi connectivity index (χ4n) is 1.53. The van der Waals surface area contributed by atoms with Gasteiger partial charge in [0.1, 0.15) is 5.75 Å². The van der Waals surface area contributed by atoms with Gasteiger partial charge in [-0.05, 0) is 26.0 Å². The normalized spacial score (nSPS) is 10.7. The maximum atomic E-state index is 11.8. The molecule has 0 saturated heterocycles. The van der Waals surface area contributed by atoms with Crippen LogP contribution in [-0.4, -0.2) is 38.5 Å². The quantitative estimate of drug-likeness (QED) is 0.437. The molecule has 0 aliphatic carbocycles. The number of hydrogen-bond acceptors (Lipinski definition) is 6. The number of carbonyl (C=O) groups excluding carboxylic acids is 2. The molecule has 6 heteroatoms. The SMILES string of the molecule is CCOC(=O)C(/C=N\c1cccc(OC)c1)C(=O)OCC. The number of ether oxygens (including phenoxy) is 3. The van der Waals surface area contributed by atoms with E-state index in [4.69, 9.17) is 14.2 Å². The second-order valence-electron chi connectivity index (χ2n) is 3.96. The standard InChI is InChI=1S/C15H19NO5/c1-4-20-14(17)13(15(18)21-5-2)10-16-11-7-6-8-12(9-11)19-3/h6-10,13H,4-5H2,1-3H3/b16-10-. The molecule has 1 aromatic carbocycles. The maximum absolute atomic E-state index is 11.8. The molecular formula is C15H19NO5. The fourth-order valence-corrected chi connectivity index (χ4v) is 1.53. The summed E-state index contributed by atoms with van der Waals surface area (Å²) in [6.07, 6.45) is 1.23. The molecule has 0 fully saturated rings. The molecule has 0 atom stereocenters. The third-order valence-corrected chi connectivity index (χ3v) is 2.51. The van der Waals surface area contributed by atoms with E-state index in [0.717, 1.165) is 0 Å². The van der Waals surface area contributed by atoms with Crippen molar-refractivity contribution in [2.75, 3.05) is 20.3 Å². The molecule has 21 heavy (non-hydrogen) atoms. The van der Waals surface area contributed by atoms with Gasteiger partial charge in [0.05, 0.1) is 26.0 Å². The van der Waals surface area contributed by atoms with Crippen LogP contribution in [0.5, 0.6) is 5.75 Å². The van der Waals surface area contributed by atoms with Crippen molar-refractivity contribution in [2.24, 2.45) is 10.9 Å². The van der Waals surface area contributed by atoms with Gasteiger partial charge < -0.3 is 14.2 Å². The van der Waals surface area contributed by atoms with E-state index in [1.807, 2.05) is 0 Å². The average molecular weight is 293 g/mol. The Morgan fingerprint density at radius 3 is 2.33 bits per heavy atom. The highest BCUT2D eigenvalue weighted by Crippen LogP contribution is 2.19. The molecule has 6 nitrogen and oxygen atoms in total. The van der Waals surface area contributed by atoms with Crippen molar-refractivity contribution in [3.63, 3.8) is 0 Å². The minimum absolute atomic E-state index is 0.182. The summed E-state index contributed by atoms with van der Waals surface area (Å²) in [5.74, 6) is -1.89. The van der Waals surface area contributed by atoms with E-state index in [0.29, 0.717) is 11.4 Å². The average Bonchev–Trinajstić information content (AvgIpc) is 2.48. The van der Waals surface area contributed by atoms with Gasteiger partial charge in [-0.1, -0.05) is 6.07 Å². The first-order valence-electron chi connectivity index (χ1n) is 6.63. The summed E-state index contributed by atoms with van der Waals surface area (Å²) in [6, 6.07) is 6.94. The summed E-state index contributed by atoms with van der Waals surface area (Å²) < 4.78 is 14.8. The second kappa shape index (κ2) is 8.73. The van der Waals surface area contributed by atoms with Crippen molar-refractivity contribution < 1.29 is 23.8 Å². The van der Waals surface area contributed by atoms with Crippen LogP contribution in [0.15, 0.2) is 29.3 Å². The first-order valence-corrected chi connectivity index (χ1v) is 6.63. The van der Waals surface area contributed by atoms with Gasteiger partial charge in [-0.25, -0.2) is 0 Å². The van der Waals surface area contributed by atoms with E-state index in [-0.39, 0.29) is 13.2 Å². The molecule has 0 N–H and O–H groups in total. The van der Waals surface area contributed by atoms with Crippen LogP contribution in [0.4, 0.5) is 5.69 Å². The van der Waals surface area contributed by atoms with Gasteiger partial charge in [-0.15, -0.1) is 0 Å². The summed E-state index contributed by atoms with van der Waals surface area (Å²) in [4.78, 5) is 27.6. The summed E-state index contributed by atoms with van der Waals surface area (Å²) >= 11 is 0. The molecule has 0 aliphatic heterocycles. The number of nitrogens with zero attached hydrogens (tertiary/aromatic N) is 1. The molecular weight excluding hydrogens is 274 g/mol. The summed E-state index contributed by atoms with van der Waals surface area (Å²) in [5, 5.41) is 0. The largest absolute Gasteiger partial charge is 0.497 e. The number of hydrogen-bond donors (Lipinski definition) is 0. The Bertz CT molecular complexity index is 495. The minimum Gasteiger partial charge on any atom is -0.497 e. The molecule has 0 spiro atoms. The van der Waals surface area contributed by atoms with E-state index < -0.39 is 17.9 Å². The van der Waals surface area contributed by atoms with Crippen LogP contribution in [0.3, 0.4) is 0 Å². The zero-order chi connectivity index (χ0) is 15.7. The highest BCUT2D eigenvalue weighted by molar-refractivity contribution is 6.09. The first kappa shape index (κ1) is 16.7. The molecule has 0 aromatic heterocycles. The zero-order valence-corrected chi connectivity index (χ0v) is 12.4.